The SMILES string of the molecule is CS(=O)(=O)CCCC(O)c1cccc2cccnc12. The maximum atomic E-state index is 11.1. The topological polar surface area (TPSA) is 67.3 Å². The van der Waals surface area contributed by atoms with Crippen LogP contribution >= 0.6 is 0 Å². The molecule has 0 fully saturated rings. The molecule has 0 amide bonds. The summed E-state index contributed by atoms with van der Waals surface area (Å²) in [6.45, 7) is 0. The maximum absolute atomic E-state index is 11.1. The highest BCUT2D eigenvalue weighted by Gasteiger charge is 2.13. The van der Waals surface area contributed by atoms with Gasteiger partial charge < -0.3 is 5.11 Å². The minimum absolute atomic E-state index is 0.0995. The fraction of sp³-hybridized carbons (Fsp3) is 0.357. The predicted octanol–water partition coefficient (Wildman–Crippen LogP) is 2.09. The Labute approximate surface area is 113 Å². The molecular weight excluding hydrogens is 262 g/mol. The maximum Gasteiger partial charge on any atom is 0.147 e. The summed E-state index contributed by atoms with van der Waals surface area (Å²) >= 11 is 0. The number of aliphatic hydroxyl groups excluding tert-OH is 1. The number of fused-ring (bicyclic) bond motifs is 1. The largest absolute Gasteiger partial charge is 0.388 e. The van der Waals surface area contributed by atoms with Crippen molar-refractivity contribution in [3.63, 3.8) is 0 Å². The van der Waals surface area contributed by atoms with Crippen molar-refractivity contribution in [2.24, 2.45) is 0 Å². The Bertz CT molecular complexity index is 662. The monoisotopic (exact) mass is 279 g/mol. The molecule has 102 valence electrons. The number of aliphatic hydroxyl groups is 1. The van der Waals surface area contributed by atoms with Crippen LogP contribution in [0.4, 0.5) is 0 Å². The lowest BCUT2D eigenvalue weighted by atomic mass is 10.0. The molecule has 0 spiro atoms. The third kappa shape index (κ3) is 3.75. The molecule has 0 saturated carbocycles. The molecule has 2 aromatic rings. The van der Waals surface area contributed by atoms with E-state index in [1.54, 1.807) is 6.20 Å². The van der Waals surface area contributed by atoms with Gasteiger partial charge in [-0.05, 0) is 18.9 Å². The molecule has 0 aliphatic carbocycles. The van der Waals surface area contributed by atoms with Crippen LogP contribution in [0.2, 0.25) is 0 Å². The Morgan fingerprint density at radius 3 is 2.74 bits per heavy atom. The number of hydrogen-bond donors (Lipinski definition) is 1. The highest BCUT2D eigenvalue weighted by atomic mass is 32.2. The summed E-state index contributed by atoms with van der Waals surface area (Å²) in [5.41, 5.74) is 1.53. The highest BCUT2D eigenvalue weighted by molar-refractivity contribution is 7.90. The number of sulfone groups is 1. The first-order chi connectivity index (χ1) is 8.97. The minimum atomic E-state index is -2.97. The van der Waals surface area contributed by atoms with Crippen LogP contribution in [0.1, 0.15) is 24.5 Å². The van der Waals surface area contributed by atoms with Crippen molar-refractivity contribution < 1.29 is 13.5 Å². The Morgan fingerprint density at radius 2 is 2.00 bits per heavy atom. The molecule has 0 bridgehead atoms. The fourth-order valence-corrected chi connectivity index (χ4v) is 2.78. The summed E-state index contributed by atoms with van der Waals surface area (Å²) in [6, 6.07) is 9.44. The fourth-order valence-electron chi connectivity index (χ4n) is 2.09. The molecule has 1 heterocycles. The molecule has 2 rings (SSSR count). The van der Waals surface area contributed by atoms with E-state index < -0.39 is 15.9 Å². The lowest BCUT2D eigenvalue weighted by Gasteiger charge is -2.12. The van der Waals surface area contributed by atoms with E-state index in [9.17, 15) is 13.5 Å². The number of hydrogen-bond acceptors (Lipinski definition) is 4. The lowest BCUT2D eigenvalue weighted by Crippen LogP contribution is -2.06. The molecule has 1 atom stereocenters. The van der Waals surface area contributed by atoms with Crippen molar-refractivity contribution in [2.75, 3.05) is 12.0 Å². The standard InChI is InChI=1S/C14H17NO3S/c1-19(17,18)10-4-8-13(16)12-7-2-5-11-6-3-9-15-14(11)12/h2-3,5-7,9,13,16H,4,8,10H2,1H3. The first-order valence-corrected chi connectivity index (χ1v) is 8.23. The van der Waals surface area contributed by atoms with Crippen LogP contribution in [0.5, 0.6) is 0 Å². The summed E-state index contributed by atoms with van der Waals surface area (Å²) in [6.07, 6.45) is 3.08. The molecule has 4 nitrogen and oxygen atoms in total. The molecule has 0 saturated heterocycles. The Kier molecular flexibility index (Phi) is 4.17. The number of pyridine rings is 1. The van der Waals surface area contributed by atoms with Crippen LogP contribution in [0.3, 0.4) is 0 Å². The van der Waals surface area contributed by atoms with Crippen LogP contribution in [-0.2, 0) is 9.84 Å². The third-order valence-electron chi connectivity index (χ3n) is 3.02. The van der Waals surface area contributed by atoms with Gasteiger partial charge in [0.05, 0.1) is 11.6 Å². The van der Waals surface area contributed by atoms with Gasteiger partial charge >= 0.3 is 0 Å². The molecule has 5 heteroatoms. The van der Waals surface area contributed by atoms with E-state index >= 15 is 0 Å². The highest BCUT2D eigenvalue weighted by Crippen LogP contribution is 2.25. The van der Waals surface area contributed by atoms with Crippen LogP contribution in [0.25, 0.3) is 10.9 Å². The van der Waals surface area contributed by atoms with Gasteiger partial charge in [-0.15, -0.1) is 0 Å². The quantitative estimate of drug-likeness (QED) is 0.910. The van der Waals surface area contributed by atoms with Gasteiger partial charge in [-0.3, -0.25) is 4.98 Å². The molecular formula is C14H17NO3S. The van der Waals surface area contributed by atoms with Gasteiger partial charge in [-0.1, -0.05) is 24.3 Å². The lowest BCUT2D eigenvalue weighted by molar-refractivity contribution is 0.168. The summed E-state index contributed by atoms with van der Waals surface area (Å²) in [4.78, 5) is 4.28. The Hall–Kier alpha value is -1.46. The number of aromatic nitrogens is 1. The van der Waals surface area contributed by atoms with Gasteiger partial charge in [0, 0.05) is 29.2 Å². The van der Waals surface area contributed by atoms with E-state index in [1.807, 2.05) is 30.3 Å². The second kappa shape index (κ2) is 5.67. The Balaban J connectivity index is 2.15. The van der Waals surface area contributed by atoms with Crippen molar-refractivity contribution in [1.82, 2.24) is 4.98 Å². The van der Waals surface area contributed by atoms with E-state index in [0.29, 0.717) is 12.8 Å². The Morgan fingerprint density at radius 1 is 1.26 bits per heavy atom. The molecule has 0 radical (unpaired) electrons. The molecule has 1 aromatic heterocycles. The van der Waals surface area contributed by atoms with Crippen LogP contribution in [0.15, 0.2) is 36.5 Å². The van der Waals surface area contributed by atoms with E-state index in [4.69, 9.17) is 0 Å². The van der Waals surface area contributed by atoms with Gasteiger partial charge in [-0.2, -0.15) is 0 Å². The van der Waals surface area contributed by atoms with Gasteiger partial charge in [-0.25, -0.2) is 8.42 Å². The molecule has 1 aromatic carbocycles. The second-order valence-corrected chi connectivity index (χ2v) is 6.97. The van der Waals surface area contributed by atoms with Crippen LogP contribution in [0, 0.1) is 0 Å². The zero-order chi connectivity index (χ0) is 13.9. The van der Waals surface area contributed by atoms with Crippen molar-refractivity contribution >= 4 is 20.7 Å². The predicted molar refractivity (Wildman–Crippen MR) is 75.6 cm³/mol. The van der Waals surface area contributed by atoms with E-state index in [1.165, 1.54) is 6.26 Å². The van der Waals surface area contributed by atoms with Crippen molar-refractivity contribution in [3.8, 4) is 0 Å². The first kappa shape index (κ1) is 14.0. The smallest absolute Gasteiger partial charge is 0.147 e. The van der Waals surface area contributed by atoms with Crippen molar-refractivity contribution in [3.05, 3.63) is 42.1 Å². The minimum Gasteiger partial charge on any atom is -0.388 e. The van der Waals surface area contributed by atoms with Crippen molar-refractivity contribution in [1.29, 1.82) is 0 Å². The van der Waals surface area contributed by atoms with Gasteiger partial charge in [0.25, 0.3) is 0 Å². The normalized spacial score (nSPS) is 13.6. The molecule has 19 heavy (non-hydrogen) atoms. The van der Waals surface area contributed by atoms with Crippen LogP contribution < -0.4 is 0 Å². The average Bonchev–Trinajstić information content (AvgIpc) is 2.36. The zero-order valence-electron chi connectivity index (χ0n) is 10.8. The van der Waals surface area contributed by atoms with E-state index in [-0.39, 0.29) is 5.75 Å². The summed E-state index contributed by atoms with van der Waals surface area (Å²) in [7, 11) is -2.97. The zero-order valence-corrected chi connectivity index (χ0v) is 11.6. The van der Waals surface area contributed by atoms with Gasteiger partial charge in [0.2, 0.25) is 0 Å². The van der Waals surface area contributed by atoms with Crippen molar-refractivity contribution in [2.45, 2.75) is 18.9 Å². The molecule has 1 N–H and O–H groups in total. The number of para-hydroxylation sites is 1. The molecule has 0 aliphatic rings. The number of rotatable bonds is 5. The van der Waals surface area contributed by atoms with E-state index in [0.717, 1.165) is 16.5 Å². The van der Waals surface area contributed by atoms with E-state index in [2.05, 4.69) is 4.98 Å². The summed E-state index contributed by atoms with van der Waals surface area (Å²) in [5.74, 6) is 0.0995. The van der Waals surface area contributed by atoms with Crippen LogP contribution in [-0.4, -0.2) is 30.5 Å². The third-order valence-corrected chi connectivity index (χ3v) is 4.05. The average molecular weight is 279 g/mol. The number of nitrogens with zero attached hydrogens (tertiary/aromatic N) is 1. The summed E-state index contributed by atoms with van der Waals surface area (Å²) in [5, 5.41) is 11.2. The molecule has 0 aliphatic heterocycles. The van der Waals surface area contributed by atoms with Gasteiger partial charge in [0.1, 0.15) is 9.84 Å². The second-order valence-electron chi connectivity index (χ2n) is 4.71. The first-order valence-electron chi connectivity index (χ1n) is 6.17. The summed E-state index contributed by atoms with van der Waals surface area (Å²) < 4.78 is 22.1. The number of benzene rings is 1. The van der Waals surface area contributed by atoms with Gasteiger partial charge in [0.15, 0.2) is 0 Å². The molecule has 1 unspecified atom stereocenters.